The maximum absolute atomic E-state index is 12.0. The summed E-state index contributed by atoms with van der Waals surface area (Å²) in [4.78, 5) is 18.2. The smallest absolute Gasteiger partial charge is 0.141 e. The van der Waals surface area contributed by atoms with Crippen LogP contribution < -0.4 is 5.73 Å². The molecule has 1 aromatic rings. The maximum Gasteiger partial charge on any atom is 0.141 e. The molecule has 1 saturated heterocycles. The van der Waals surface area contributed by atoms with Crippen molar-refractivity contribution in [1.29, 1.82) is 0 Å². The molecule has 1 fully saturated rings. The van der Waals surface area contributed by atoms with E-state index in [2.05, 4.69) is 16.9 Å². The molecular formula is C12H17N3O. The normalized spacial score (nSPS) is 23.1. The fraction of sp³-hybridized carbons (Fsp3) is 0.500. The highest BCUT2D eigenvalue weighted by molar-refractivity contribution is 5.86. The molecular weight excluding hydrogens is 202 g/mol. The number of carbonyl (C=O) groups is 1. The average Bonchev–Trinajstić information content (AvgIpc) is 2.44. The summed E-state index contributed by atoms with van der Waals surface area (Å²) in [6.07, 6.45) is 3.23. The van der Waals surface area contributed by atoms with Crippen LogP contribution in [0.1, 0.15) is 24.3 Å². The van der Waals surface area contributed by atoms with E-state index >= 15 is 0 Å². The fourth-order valence-electron chi connectivity index (χ4n) is 2.07. The van der Waals surface area contributed by atoms with Crippen LogP contribution in [0, 0.1) is 0 Å². The van der Waals surface area contributed by atoms with Crippen LogP contribution in [0.2, 0.25) is 0 Å². The fourth-order valence-corrected chi connectivity index (χ4v) is 2.07. The molecule has 4 nitrogen and oxygen atoms in total. The van der Waals surface area contributed by atoms with E-state index in [4.69, 9.17) is 5.73 Å². The number of nitrogens with two attached hydrogens (primary N) is 1. The van der Waals surface area contributed by atoms with E-state index in [0.717, 1.165) is 25.1 Å². The SMILES string of the molecule is CN1CCC(=O)C(c2ccc(N)nc2)CC1. The number of nitrogen functional groups attached to an aromatic ring is 1. The number of hydrogen-bond donors (Lipinski definition) is 1. The molecule has 1 unspecified atom stereocenters. The van der Waals surface area contributed by atoms with E-state index in [9.17, 15) is 4.79 Å². The Bertz CT molecular complexity index is 374. The molecule has 0 amide bonds. The molecule has 0 bridgehead atoms. The molecule has 1 aromatic heterocycles. The molecule has 2 heterocycles. The highest BCUT2D eigenvalue weighted by atomic mass is 16.1. The van der Waals surface area contributed by atoms with Gasteiger partial charge in [0, 0.05) is 25.1 Å². The number of anilines is 1. The molecule has 1 aliphatic rings. The first kappa shape index (κ1) is 11.1. The second kappa shape index (κ2) is 4.61. The summed E-state index contributed by atoms with van der Waals surface area (Å²) in [6, 6.07) is 3.67. The van der Waals surface area contributed by atoms with Gasteiger partial charge >= 0.3 is 0 Å². The van der Waals surface area contributed by atoms with Gasteiger partial charge in [-0.1, -0.05) is 6.07 Å². The van der Waals surface area contributed by atoms with Crippen molar-refractivity contribution in [3.63, 3.8) is 0 Å². The first-order chi connectivity index (χ1) is 7.66. The summed E-state index contributed by atoms with van der Waals surface area (Å²) >= 11 is 0. The Morgan fingerprint density at radius 1 is 1.44 bits per heavy atom. The highest BCUT2D eigenvalue weighted by Crippen LogP contribution is 2.24. The van der Waals surface area contributed by atoms with Crippen LogP contribution in [0.15, 0.2) is 18.3 Å². The summed E-state index contributed by atoms with van der Waals surface area (Å²) in [5.41, 5.74) is 6.53. The second-order valence-corrected chi connectivity index (χ2v) is 4.38. The minimum atomic E-state index is -0.00181. The number of ketones is 1. The number of pyridine rings is 1. The lowest BCUT2D eigenvalue weighted by Gasteiger charge is -2.13. The van der Waals surface area contributed by atoms with Gasteiger partial charge in [-0.25, -0.2) is 4.98 Å². The van der Waals surface area contributed by atoms with Gasteiger partial charge < -0.3 is 10.6 Å². The molecule has 0 aliphatic carbocycles. The van der Waals surface area contributed by atoms with Crippen molar-refractivity contribution in [2.24, 2.45) is 0 Å². The topological polar surface area (TPSA) is 59.2 Å². The molecule has 2 N–H and O–H groups in total. The number of carbonyl (C=O) groups excluding carboxylic acids is 1. The van der Waals surface area contributed by atoms with Crippen LogP contribution in [0.4, 0.5) is 5.82 Å². The van der Waals surface area contributed by atoms with Crippen molar-refractivity contribution >= 4 is 11.6 Å². The lowest BCUT2D eigenvalue weighted by molar-refractivity contribution is -0.120. The van der Waals surface area contributed by atoms with Crippen LogP contribution >= 0.6 is 0 Å². The zero-order chi connectivity index (χ0) is 11.5. The first-order valence-corrected chi connectivity index (χ1v) is 5.59. The zero-order valence-electron chi connectivity index (χ0n) is 9.52. The number of aromatic nitrogens is 1. The number of rotatable bonds is 1. The van der Waals surface area contributed by atoms with Crippen molar-refractivity contribution in [3.8, 4) is 0 Å². The van der Waals surface area contributed by atoms with Gasteiger partial charge in [0.15, 0.2) is 0 Å². The molecule has 2 rings (SSSR count). The molecule has 0 aromatic carbocycles. The van der Waals surface area contributed by atoms with Crippen LogP contribution in [0.5, 0.6) is 0 Å². The average molecular weight is 219 g/mol. The number of Topliss-reactive ketones (excluding diaryl/α,β-unsaturated/α-hetero) is 1. The van der Waals surface area contributed by atoms with E-state index in [1.54, 1.807) is 12.3 Å². The van der Waals surface area contributed by atoms with Gasteiger partial charge in [0.2, 0.25) is 0 Å². The summed E-state index contributed by atoms with van der Waals surface area (Å²) in [7, 11) is 2.05. The molecule has 0 saturated carbocycles. The monoisotopic (exact) mass is 219 g/mol. The minimum Gasteiger partial charge on any atom is -0.384 e. The van der Waals surface area contributed by atoms with Crippen molar-refractivity contribution in [2.75, 3.05) is 25.9 Å². The predicted octanol–water partition coefficient (Wildman–Crippen LogP) is 1.04. The largest absolute Gasteiger partial charge is 0.384 e. The van der Waals surface area contributed by atoms with E-state index in [0.29, 0.717) is 18.0 Å². The van der Waals surface area contributed by atoms with Gasteiger partial charge in [0.1, 0.15) is 11.6 Å². The van der Waals surface area contributed by atoms with Crippen molar-refractivity contribution < 1.29 is 4.79 Å². The van der Waals surface area contributed by atoms with Gasteiger partial charge in [-0.3, -0.25) is 4.79 Å². The Morgan fingerprint density at radius 2 is 2.25 bits per heavy atom. The zero-order valence-corrected chi connectivity index (χ0v) is 9.52. The van der Waals surface area contributed by atoms with Gasteiger partial charge in [0.05, 0.1) is 0 Å². The van der Waals surface area contributed by atoms with E-state index < -0.39 is 0 Å². The van der Waals surface area contributed by atoms with Gasteiger partial charge in [0.25, 0.3) is 0 Å². The molecule has 16 heavy (non-hydrogen) atoms. The quantitative estimate of drug-likeness (QED) is 0.766. The summed E-state index contributed by atoms with van der Waals surface area (Å²) in [6.45, 7) is 1.82. The minimum absolute atomic E-state index is 0.00181. The molecule has 4 heteroatoms. The van der Waals surface area contributed by atoms with Crippen molar-refractivity contribution in [2.45, 2.75) is 18.8 Å². The molecule has 1 aliphatic heterocycles. The Morgan fingerprint density at radius 3 is 2.94 bits per heavy atom. The predicted molar refractivity (Wildman–Crippen MR) is 63.1 cm³/mol. The van der Waals surface area contributed by atoms with Crippen LogP contribution in [0.25, 0.3) is 0 Å². The number of likely N-dealkylation sites (tertiary alicyclic amines) is 1. The van der Waals surface area contributed by atoms with Crippen LogP contribution in [-0.2, 0) is 4.79 Å². The van der Waals surface area contributed by atoms with E-state index in [-0.39, 0.29) is 5.92 Å². The van der Waals surface area contributed by atoms with Gasteiger partial charge in [-0.2, -0.15) is 0 Å². The summed E-state index contributed by atoms with van der Waals surface area (Å²) in [5, 5.41) is 0. The standard InChI is InChI=1S/C12H17N3O/c1-15-6-4-10(11(16)5-7-15)9-2-3-12(13)14-8-9/h2-3,8,10H,4-7H2,1H3,(H2,13,14). The first-order valence-electron chi connectivity index (χ1n) is 5.59. The number of nitrogens with zero attached hydrogens (tertiary/aromatic N) is 2. The number of hydrogen-bond acceptors (Lipinski definition) is 4. The van der Waals surface area contributed by atoms with E-state index in [1.165, 1.54) is 0 Å². The lowest BCUT2D eigenvalue weighted by atomic mass is 9.92. The van der Waals surface area contributed by atoms with Crippen LogP contribution in [-0.4, -0.2) is 35.8 Å². The lowest BCUT2D eigenvalue weighted by Crippen LogP contribution is -2.18. The summed E-state index contributed by atoms with van der Waals surface area (Å²) < 4.78 is 0. The Labute approximate surface area is 95.5 Å². The third kappa shape index (κ3) is 2.39. The van der Waals surface area contributed by atoms with Crippen LogP contribution in [0.3, 0.4) is 0 Å². The second-order valence-electron chi connectivity index (χ2n) is 4.38. The van der Waals surface area contributed by atoms with E-state index in [1.807, 2.05) is 6.07 Å². The Hall–Kier alpha value is -1.42. The summed E-state index contributed by atoms with van der Waals surface area (Å²) in [5.74, 6) is 0.816. The van der Waals surface area contributed by atoms with Crippen molar-refractivity contribution in [3.05, 3.63) is 23.9 Å². The molecule has 1 atom stereocenters. The van der Waals surface area contributed by atoms with Gasteiger partial charge in [-0.05, 0) is 31.6 Å². The van der Waals surface area contributed by atoms with Gasteiger partial charge in [-0.15, -0.1) is 0 Å². The Balaban J connectivity index is 2.18. The third-order valence-electron chi connectivity index (χ3n) is 3.14. The molecule has 0 radical (unpaired) electrons. The highest BCUT2D eigenvalue weighted by Gasteiger charge is 2.24. The Kier molecular flexibility index (Phi) is 3.19. The molecule has 86 valence electrons. The van der Waals surface area contributed by atoms with Crippen molar-refractivity contribution in [1.82, 2.24) is 9.88 Å². The third-order valence-corrected chi connectivity index (χ3v) is 3.14. The maximum atomic E-state index is 12.0. The molecule has 0 spiro atoms.